The van der Waals surface area contributed by atoms with Crippen molar-refractivity contribution in [1.29, 1.82) is 0 Å². The van der Waals surface area contributed by atoms with Gasteiger partial charge in [-0.25, -0.2) is 17.8 Å². The van der Waals surface area contributed by atoms with E-state index in [0.29, 0.717) is 11.4 Å². The maximum Gasteiger partial charge on any atom is 0.246 e. The summed E-state index contributed by atoms with van der Waals surface area (Å²) in [4.78, 5) is 6.44. The van der Waals surface area contributed by atoms with Gasteiger partial charge in [0.2, 0.25) is 10.0 Å². The summed E-state index contributed by atoms with van der Waals surface area (Å²) in [5.41, 5.74) is 0.686. The van der Waals surface area contributed by atoms with Gasteiger partial charge in [-0.15, -0.1) is 0 Å². The van der Waals surface area contributed by atoms with Crippen LogP contribution in [0.2, 0.25) is 0 Å². The Balaban J connectivity index is 2.33. The van der Waals surface area contributed by atoms with E-state index >= 15 is 0 Å². The molecule has 0 bridgehead atoms. The topological polar surface area (TPSA) is 66.1 Å². The maximum absolute atomic E-state index is 13.7. The number of nitrogens with zero attached hydrogens (tertiary/aromatic N) is 2. The summed E-state index contributed by atoms with van der Waals surface area (Å²) in [7, 11) is -2.48. The van der Waals surface area contributed by atoms with E-state index < -0.39 is 15.8 Å². The van der Waals surface area contributed by atoms with Gasteiger partial charge in [0.15, 0.2) is 0 Å². The minimum atomic E-state index is -3.87. The summed E-state index contributed by atoms with van der Waals surface area (Å²) in [6.45, 7) is 1.77. The minimum Gasteiger partial charge on any atom is -0.347 e. The average Bonchev–Trinajstić information content (AvgIpc) is 2.85. The van der Waals surface area contributed by atoms with Crippen LogP contribution in [-0.4, -0.2) is 29.7 Å². The van der Waals surface area contributed by atoms with Gasteiger partial charge in [-0.1, -0.05) is 6.07 Å². The number of halogens is 1. The Morgan fingerprint density at radius 3 is 2.79 bits per heavy atom. The highest BCUT2D eigenvalue weighted by molar-refractivity contribution is 7.89. The number of nitrogens with one attached hydrogen (secondary N) is 1. The SMILES string of the molecule is Cc1ccc(F)c(S(=O)(=O)N(C)Cc2ncc[nH]2)c1. The second kappa shape index (κ2) is 5.10. The molecule has 1 aromatic heterocycles. The number of sulfonamides is 1. The van der Waals surface area contributed by atoms with Crippen molar-refractivity contribution < 1.29 is 12.8 Å². The molecule has 0 radical (unpaired) electrons. The molecule has 102 valence electrons. The largest absolute Gasteiger partial charge is 0.347 e. The number of benzene rings is 1. The molecular weight excluding hydrogens is 269 g/mol. The number of hydrogen-bond acceptors (Lipinski definition) is 3. The van der Waals surface area contributed by atoms with E-state index in [2.05, 4.69) is 9.97 Å². The summed E-state index contributed by atoms with van der Waals surface area (Å²) >= 11 is 0. The van der Waals surface area contributed by atoms with Crippen LogP contribution in [0.1, 0.15) is 11.4 Å². The Kier molecular flexibility index (Phi) is 3.68. The molecule has 1 heterocycles. The first-order valence-electron chi connectivity index (χ1n) is 5.62. The molecule has 0 aliphatic heterocycles. The third-order valence-corrected chi connectivity index (χ3v) is 4.52. The number of hydrogen-bond donors (Lipinski definition) is 1. The monoisotopic (exact) mass is 283 g/mol. The number of aryl methyl sites for hydroxylation is 1. The first-order valence-corrected chi connectivity index (χ1v) is 7.06. The number of aromatic nitrogens is 2. The minimum absolute atomic E-state index is 0.0582. The van der Waals surface area contributed by atoms with Crippen molar-refractivity contribution in [1.82, 2.24) is 14.3 Å². The third-order valence-electron chi connectivity index (χ3n) is 2.70. The molecule has 0 amide bonds. The van der Waals surface area contributed by atoms with Gasteiger partial charge in [0.05, 0.1) is 6.54 Å². The van der Waals surface area contributed by atoms with Crippen LogP contribution in [0.3, 0.4) is 0 Å². The number of imidazole rings is 1. The molecule has 0 spiro atoms. The van der Waals surface area contributed by atoms with Crippen LogP contribution in [0.5, 0.6) is 0 Å². The molecule has 1 N–H and O–H groups in total. The lowest BCUT2D eigenvalue weighted by atomic mass is 10.2. The quantitative estimate of drug-likeness (QED) is 0.928. The van der Waals surface area contributed by atoms with E-state index in [1.165, 1.54) is 25.4 Å². The molecule has 1 aromatic carbocycles. The van der Waals surface area contributed by atoms with Crippen molar-refractivity contribution >= 4 is 10.0 Å². The summed E-state index contributed by atoms with van der Waals surface area (Å²) in [5.74, 6) is -0.254. The second-order valence-electron chi connectivity index (χ2n) is 4.23. The summed E-state index contributed by atoms with van der Waals surface area (Å²) in [6, 6.07) is 4.01. The Morgan fingerprint density at radius 1 is 1.42 bits per heavy atom. The summed E-state index contributed by atoms with van der Waals surface area (Å²) in [5, 5.41) is 0. The Bertz CT molecular complexity index is 668. The van der Waals surface area contributed by atoms with Crippen LogP contribution < -0.4 is 0 Å². The molecule has 2 rings (SSSR count). The first kappa shape index (κ1) is 13.7. The number of H-pyrrole nitrogens is 1. The van der Waals surface area contributed by atoms with Gasteiger partial charge >= 0.3 is 0 Å². The molecule has 0 aliphatic carbocycles. The zero-order valence-corrected chi connectivity index (χ0v) is 11.4. The smallest absolute Gasteiger partial charge is 0.246 e. The Morgan fingerprint density at radius 2 is 2.16 bits per heavy atom. The van der Waals surface area contributed by atoms with Gasteiger partial charge in [0, 0.05) is 19.4 Å². The van der Waals surface area contributed by atoms with E-state index in [-0.39, 0.29) is 11.4 Å². The maximum atomic E-state index is 13.7. The van der Waals surface area contributed by atoms with E-state index in [4.69, 9.17) is 0 Å². The highest BCUT2D eigenvalue weighted by Gasteiger charge is 2.25. The van der Waals surface area contributed by atoms with Crippen LogP contribution in [-0.2, 0) is 16.6 Å². The number of rotatable bonds is 4. The van der Waals surface area contributed by atoms with Crippen molar-refractivity contribution in [3.8, 4) is 0 Å². The van der Waals surface area contributed by atoms with Gasteiger partial charge in [0.25, 0.3) is 0 Å². The van der Waals surface area contributed by atoms with Gasteiger partial charge in [0.1, 0.15) is 16.5 Å². The molecule has 0 saturated carbocycles. The fourth-order valence-electron chi connectivity index (χ4n) is 1.66. The highest BCUT2D eigenvalue weighted by atomic mass is 32.2. The zero-order chi connectivity index (χ0) is 14.0. The normalized spacial score (nSPS) is 12.0. The van der Waals surface area contributed by atoms with Crippen LogP contribution in [0.25, 0.3) is 0 Å². The van der Waals surface area contributed by atoms with Gasteiger partial charge in [-0.05, 0) is 24.6 Å². The average molecular weight is 283 g/mol. The number of aromatic amines is 1. The Labute approximate surface area is 111 Å². The zero-order valence-electron chi connectivity index (χ0n) is 10.6. The van der Waals surface area contributed by atoms with Crippen molar-refractivity contribution in [3.63, 3.8) is 0 Å². The fourth-order valence-corrected chi connectivity index (χ4v) is 2.93. The standard InChI is InChI=1S/C12H14FN3O2S/c1-9-3-4-10(13)11(7-9)19(17,18)16(2)8-12-14-5-6-15-12/h3-7H,8H2,1-2H3,(H,14,15). The molecule has 0 unspecified atom stereocenters. The van der Waals surface area contributed by atoms with Crippen molar-refractivity contribution in [2.45, 2.75) is 18.4 Å². The molecule has 0 aliphatic rings. The summed E-state index contributed by atoms with van der Waals surface area (Å²) in [6.07, 6.45) is 3.13. The van der Waals surface area contributed by atoms with E-state index in [1.807, 2.05) is 0 Å². The van der Waals surface area contributed by atoms with Crippen molar-refractivity contribution in [3.05, 3.63) is 47.8 Å². The van der Waals surface area contributed by atoms with Crippen LogP contribution in [0.4, 0.5) is 4.39 Å². The van der Waals surface area contributed by atoms with Crippen molar-refractivity contribution in [2.24, 2.45) is 0 Å². The molecule has 0 atom stereocenters. The molecule has 0 fully saturated rings. The molecule has 0 saturated heterocycles. The van der Waals surface area contributed by atoms with E-state index in [9.17, 15) is 12.8 Å². The van der Waals surface area contributed by atoms with Crippen LogP contribution in [0, 0.1) is 12.7 Å². The van der Waals surface area contributed by atoms with Crippen molar-refractivity contribution in [2.75, 3.05) is 7.05 Å². The van der Waals surface area contributed by atoms with Gasteiger partial charge < -0.3 is 4.98 Å². The molecule has 2 aromatic rings. The third kappa shape index (κ3) is 2.82. The fraction of sp³-hybridized carbons (Fsp3) is 0.250. The molecule has 7 heteroatoms. The first-order chi connectivity index (χ1) is 8.91. The van der Waals surface area contributed by atoms with E-state index in [1.54, 1.807) is 13.1 Å². The Hall–Kier alpha value is -1.73. The predicted octanol–water partition coefficient (Wildman–Crippen LogP) is 1.68. The van der Waals surface area contributed by atoms with E-state index in [0.717, 1.165) is 10.4 Å². The highest BCUT2D eigenvalue weighted by Crippen LogP contribution is 2.20. The lowest BCUT2D eigenvalue weighted by molar-refractivity contribution is 0.452. The van der Waals surface area contributed by atoms with Gasteiger partial charge in [-0.2, -0.15) is 4.31 Å². The lowest BCUT2D eigenvalue weighted by Crippen LogP contribution is -2.27. The predicted molar refractivity (Wildman–Crippen MR) is 68.4 cm³/mol. The molecular formula is C12H14FN3O2S. The summed E-state index contributed by atoms with van der Waals surface area (Å²) < 4.78 is 39.3. The lowest BCUT2D eigenvalue weighted by Gasteiger charge is -2.16. The van der Waals surface area contributed by atoms with Crippen LogP contribution in [0.15, 0.2) is 35.5 Å². The molecule has 19 heavy (non-hydrogen) atoms. The van der Waals surface area contributed by atoms with Gasteiger partial charge in [-0.3, -0.25) is 0 Å². The second-order valence-corrected chi connectivity index (χ2v) is 6.24. The molecule has 5 nitrogen and oxygen atoms in total. The van der Waals surface area contributed by atoms with Crippen LogP contribution >= 0.6 is 0 Å².